The molecule has 1 N–H and O–H groups in total. The highest BCUT2D eigenvalue weighted by molar-refractivity contribution is 5.19. The summed E-state index contributed by atoms with van der Waals surface area (Å²) in [5.74, 6) is 0. The van der Waals surface area contributed by atoms with Crippen LogP contribution in [0.3, 0.4) is 0 Å². The SMILES string of the molecule is CNC(c1ccccc1)C(OC)OC. The third kappa shape index (κ3) is 2.54. The highest BCUT2D eigenvalue weighted by Gasteiger charge is 2.20. The molecule has 3 heteroatoms. The first-order valence-corrected chi connectivity index (χ1v) is 4.61. The van der Waals surface area contributed by atoms with E-state index < -0.39 is 0 Å². The zero-order valence-electron chi connectivity index (χ0n) is 8.86. The first-order valence-electron chi connectivity index (χ1n) is 4.61. The van der Waals surface area contributed by atoms with Crippen molar-refractivity contribution in [2.45, 2.75) is 12.3 Å². The fourth-order valence-electron chi connectivity index (χ4n) is 1.49. The van der Waals surface area contributed by atoms with E-state index in [2.05, 4.69) is 5.32 Å². The van der Waals surface area contributed by atoms with Gasteiger partial charge in [-0.2, -0.15) is 0 Å². The molecule has 0 aromatic heterocycles. The largest absolute Gasteiger partial charge is 0.354 e. The van der Waals surface area contributed by atoms with E-state index in [4.69, 9.17) is 9.47 Å². The van der Waals surface area contributed by atoms with E-state index in [1.54, 1.807) is 14.2 Å². The fraction of sp³-hybridized carbons (Fsp3) is 0.455. The molecule has 0 radical (unpaired) electrons. The molecule has 1 rings (SSSR count). The Balaban J connectivity index is 2.81. The summed E-state index contributed by atoms with van der Waals surface area (Å²) in [5.41, 5.74) is 1.16. The van der Waals surface area contributed by atoms with Gasteiger partial charge < -0.3 is 14.8 Å². The fourth-order valence-corrected chi connectivity index (χ4v) is 1.49. The number of methoxy groups -OCH3 is 2. The van der Waals surface area contributed by atoms with Crippen LogP contribution in [0.15, 0.2) is 30.3 Å². The standard InChI is InChI=1S/C11H17NO2/c1-12-10(11(13-2)14-3)9-7-5-4-6-8-9/h4-8,10-12H,1-3H3. The highest BCUT2D eigenvalue weighted by atomic mass is 16.7. The second-order valence-corrected chi connectivity index (χ2v) is 3.02. The predicted molar refractivity (Wildman–Crippen MR) is 56.0 cm³/mol. The lowest BCUT2D eigenvalue weighted by Gasteiger charge is -2.24. The maximum absolute atomic E-state index is 5.22. The van der Waals surface area contributed by atoms with E-state index in [0.717, 1.165) is 5.56 Å². The number of hydrogen-bond acceptors (Lipinski definition) is 3. The molecule has 1 aromatic rings. The molecule has 1 atom stereocenters. The first-order chi connectivity index (χ1) is 6.83. The summed E-state index contributed by atoms with van der Waals surface area (Å²) in [5, 5.41) is 3.17. The van der Waals surface area contributed by atoms with E-state index in [1.807, 2.05) is 37.4 Å². The number of ether oxygens (including phenoxy) is 2. The Labute approximate surface area is 85.0 Å². The van der Waals surface area contributed by atoms with Crippen molar-refractivity contribution in [3.63, 3.8) is 0 Å². The van der Waals surface area contributed by atoms with Crippen LogP contribution >= 0.6 is 0 Å². The van der Waals surface area contributed by atoms with Crippen molar-refractivity contribution in [1.29, 1.82) is 0 Å². The van der Waals surface area contributed by atoms with E-state index in [-0.39, 0.29) is 12.3 Å². The van der Waals surface area contributed by atoms with Gasteiger partial charge in [0.1, 0.15) is 0 Å². The van der Waals surface area contributed by atoms with E-state index in [1.165, 1.54) is 0 Å². The smallest absolute Gasteiger partial charge is 0.176 e. The van der Waals surface area contributed by atoms with Crippen molar-refractivity contribution in [3.05, 3.63) is 35.9 Å². The summed E-state index contributed by atoms with van der Waals surface area (Å²) in [7, 11) is 5.17. The number of rotatable bonds is 5. The summed E-state index contributed by atoms with van der Waals surface area (Å²) >= 11 is 0. The van der Waals surface area contributed by atoms with Crippen LogP contribution in [0, 0.1) is 0 Å². The minimum absolute atomic E-state index is 0.0613. The van der Waals surface area contributed by atoms with E-state index in [0.29, 0.717) is 0 Å². The third-order valence-corrected chi connectivity index (χ3v) is 2.21. The van der Waals surface area contributed by atoms with Crippen molar-refractivity contribution >= 4 is 0 Å². The molecular formula is C11H17NO2. The van der Waals surface area contributed by atoms with Gasteiger partial charge in [0.2, 0.25) is 0 Å². The molecule has 78 valence electrons. The molecule has 3 nitrogen and oxygen atoms in total. The van der Waals surface area contributed by atoms with Crippen LogP contribution in [0.5, 0.6) is 0 Å². The number of nitrogens with one attached hydrogen (secondary N) is 1. The van der Waals surface area contributed by atoms with Crippen LogP contribution in [0.4, 0.5) is 0 Å². The second-order valence-electron chi connectivity index (χ2n) is 3.02. The predicted octanol–water partition coefficient (Wildman–Crippen LogP) is 1.57. The Morgan fingerprint density at radius 3 is 2.07 bits per heavy atom. The molecule has 0 aliphatic carbocycles. The molecule has 0 fully saturated rings. The van der Waals surface area contributed by atoms with Gasteiger partial charge in [-0.05, 0) is 12.6 Å². The van der Waals surface area contributed by atoms with Gasteiger partial charge in [-0.15, -0.1) is 0 Å². The van der Waals surface area contributed by atoms with Crippen molar-refractivity contribution in [2.75, 3.05) is 21.3 Å². The van der Waals surface area contributed by atoms with Gasteiger partial charge in [0, 0.05) is 14.2 Å². The molecule has 0 saturated heterocycles. The average Bonchev–Trinajstić information content (AvgIpc) is 2.27. The number of hydrogen-bond donors (Lipinski definition) is 1. The van der Waals surface area contributed by atoms with E-state index >= 15 is 0 Å². The van der Waals surface area contributed by atoms with Gasteiger partial charge in [-0.25, -0.2) is 0 Å². The lowest BCUT2D eigenvalue weighted by molar-refractivity contribution is -0.123. The van der Waals surface area contributed by atoms with Gasteiger partial charge in [0.05, 0.1) is 6.04 Å². The highest BCUT2D eigenvalue weighted by Crippen LogP contribution is 2.18. The summed E-state index contributed by atoms with van der Waals surface area (Å²) in [4.78, 5) is 0. The second kappa shape index (κ2) is 5.75. The number of benzene rings is 1. The quantitative estimate of drug-likeness (QED) is 0.723. The zero-order valence-corrected chi connectivity index (χ0v) is 8.86. The third-order valence-electron chi connectivity index (χ3n) is 2.21. The summed E-state index contributed by atoms with van der Waals surface area (Å²) in [6, 6.07) is 10.2. The van der Waals surface area contributed by atoms with Crippen molar-refractivity contribution in [1.82, 2.24) is 5.32 Å². The van der Waals surface area contributed by atoms with Crippen LogP contribution < -0.4 is 5.32 Å². The molecule has 0 heterocycles. The average molecular weight is 195 g/mol. The molecule has 0 saturated carbocycles. The van der Waals surface area contributed by atoms with Crippen molar-refractivity contribution in [3.8, 4) is 0 Å². The summed E-state index contributed by atoms with van der Waals surface area (Å²) in [6.45, 7) is 0. The van der Waals surface area contributed by atoms with Crippen LogP contribution in [-0.4, -0.2) is 27.6 Å². The van der Waals surface area contributed by atoms with Crippen molar-refractivity contribution in [2.24, 2.45) is 0 Å². The Hall–Kier alpha value is -0.900. The van der Waals surface area contributed by atoms with Crippen LogP contribution in [-0.2, 0) is 9.47 Å². The monoisotopic (exact) mass is 195 g/mol. The molecule has 0 bridgehead atoms. The Bertz CT molecular complexity index is 247. The maximum atomic E-state index is 5.22. The summed E-state index contributed by atoms with van der Waals surface area (Å²) in [6.07, 6.45) is -0.262. The molecule has 1 unspecified atom stereocenters. The van der Waals surface area contributed by atoms with Crippen LogP contribution in [0.25, 0.3) is 0 Å². The maximum Gasteiger partial charge on any atom is 0.176 e. The Kier molecular flexibility index (Phi) is 4.59. The van der Waals surface area contributed by atoms with Crippen LogP contribution in [0.2, 0.25) is 0 Å². The summed E-state index contributed by atoms with van der Waals surface area (Å²) < 4.78 is 10.4. The molecular weight excluding hydrogens is 178 g/mol. The van der Waals surface area contributed by atoms with Gasteiger partial charge in [-0.3, -0.25) is 0 Å². The minimum atomic E-state index is -0.262. The molecule has 0 amide bonds. The van der Waals surface area contributed by atoms with Gasteiger partial charge in [0.15, 0.2) is 6.29 Å². The number of likely N-dealkylation sites (N-methyl/N-ethyl adjacent to an activating group) is 1. The van der Waals surface area contributed by atoms with Gasteiger partial charge in [0.25, 0.3) is 0 Å². The zero-order chi connectivity index (χ0) is 10.4. The lowest BCUT2D eigenvalue weighted by atomic mass is 10.1. The minimum Gasteiger partial charge on any atom is -0.354 e. The first kappa shape index (κ1) is 11.2. The molecule has 14 heavy (non-hydrogen) atoms. The molecule has 1 aromatic carbocycles. The van der Waals surface area contributed by atoms with Crippen LogP contribution in [0.1, 0.15) is 11.6 Å². The molecule has 0 spiro atoms. The van der Waals surface area contributed by atoms with Gasteiger partial charge in [-0.1, -0.05) is 30.3 Å². The van der Waals surface area contributed by atoms with Crippen molar-refractivity contribution < 1.29 is 9.47 Å². The topological polar surface area (TPSA) is 30.5 Å². The van der Waals surface area contributed by atoms with E-state index in [9.17, 15) is 0 Å². The normalized spacial score (nSPS) is 13.1. The Morgan fingerprint density at radius 1 is 1.07 bits per heavy atom. The van der Waals surface area contributed by atoms with Gasteiger partial charge >= 0.3 is 0 Å². The molecule has 0 aliphatic heterocycles. The Morgan fingerprint density at radius 2 is 1.64 bits per heavy atom. The molecule has 0 aliphatic rings. The lowest BCUT2D eigenvalue weighted by Crippen LogP contribution is -2.32.